The number of nitrogens with one attached hydrogen (secondary N) is 1. The van der Waals surface area contributed by atoms with Gasteiger partial charge in [-0.05, 0) is 26.2 Å². The molecule has 1 aromatic heterocycles. The first kappa shape index (κ1) is 8.74. The summed E-state index contributed by atoms with van der Waals surface area (Å²) in [5.41, 5.74) is -0.0428. The topological polar surface area (TPSA) is 49.0 Å². The molecule has 1 saturated heterocycles. The molecule has 0 radical (unpaired) electrons. The standard InChI is InChI=1S/C8H13N3OS/c1-6-4-2-3-5-11(6)7-8(12)10-13-9-7/h6H,2-5H2,1H3,(H,10,12)/t6-/m0/s1. The van der Waals surface area contributed by atoms with E-state index in [0.717, 1.165) is 24.7 Å². The molecule has 5 heteroatoms. The van der Waals surface area contributed by atoms with Gasteiger partial charge in [-0.2, -0.15) is 4.37 Å². The highest BCUT2D eigenvalue weighted by Gasteiger charge is 2.22. The molecule has 1 aliphatic heterocycles. The van der Waals surface area contributed by atoms with Crippen molar-refractivity contribution < 1.29 is 0 Å². The lowest BCUT2D eigenvalue weighted by Crippen LogP contribution is -2.40. The van der Waals surface area contributed by atoms with Crippen molar-refractivity contribution in [2.45, 2.75) is 32.2 Å². The smallest absolute Gasteiger partial charge is 0.302 e. The summed E-state index contributed by atoms with van der Waals surface area (Å²) in [4.78, 5) is 13.4. The van der Waals surface area contributed by atoms with Gasteiger partial charge in [-0.15, -0.1) is 0 Å². The first-order valence-electron chi connectivity index (χ1n) is 4.60. The van der Waals surface area contributed by atoms with Crippen molar-refractivity contribution in [3.05, 3.63) is 10.4 Å². The Morgan fingerprint density at radius 3 is 3.08 bits per heavy atom. The number of rotatable bonds is 1. The fraction of sp³-hybridized carbons (Fsp3) is 0.750. The van der Waals surface area contributed by atoms with E-state index in [9.17, 15) is 4.79 Å². The number of hydrogen-bond acceptors (Lipinski definition) is 4. The first-order chi connectivity index (χ1) is 6.29. The van der Waals surface area contributed by atoms with E-state index in [0.29, 0.717) is 11.9 Å². The molecule has 2 heterocycles. The Morgan fingerprint density at radius 1 is 1.62 bits per heavy atom. The molecule has 2 rings (SSSR count). The fourth-order valence-electron chi connectivity index (χ4n) is 1.79. The number of aromatic amines is 1. The van der Waals surface area contributed by atoms with Gasteiger partial charge in [0.2, 0.25) is 5.82 Å². The number of anilines is 1. The number of hydrogen-bond donors (Lipinski definition) is 1. The third-order valence-corrected chi connectivity index (χ3v) is 3.09. The zero-order valence-corrected chi connectivity index (χ0v) is 8.43. The average molecular weight is 199 g/mol. The molecule has 0 bridgehead atoms. The highest BCUT2D eigenvalue weighted by Crippen LogP contribution is 2.20. The molecule has 0 unspecified atom stereocenters. The van der Waals surface area contributed by atoms with E-state index >= 15 is 0 Å². The zero-order chi connectivity index (χ0) is 9.26. The minimum atomic E-state index is -0.0428. The summed E-state index contributed by atoms with van der Waals surface area (Å²) in [5, 5.41) is 0. The third kappa shape index (κ3) is 1.60. The van der Waals surface area contributed by atoms with Crippen molar-refractivity contribution in [2.24, 2.45) is 0 Å². The minimum absolute atomic E-state index is 0.0428. The molecule has 0 amide bonds. The molecule has 1 atom stereocenters. The van der Waals surface area contributed by atoms with Gasteiger partial charge in [0.25, 0.3) is 0 Å². The molecule has 1 aromatic rings. The van der Waals surface area contributed by atoms with E-state index in [1.54, 1.807) is 0 Å². The maximum absolute atomic E-state index is 11.3. The van der Waals surface area contributed by atoms with Gasteiger partial charge in [-0.3, -0.25) is 9.17 Å². The number of nitrogens with zero attached hydrogens (tertiary/aromatic N) is 2. The maximum atomic E-state index is 11.3. The van der Waals surface area contributed by atoms with Crippen molar-refractivity contribution >= 4 is 17.5 Å². The van der Waals surface area contributed by atoms with Crippen LogP contribution in [0.1, 0.15) is 26.2 Å². The van der Waals surface area contributed by atoms with E-state index in [2.05, 4.69) is 20.6 Å². The van der Waals surface area contributed by atoms with Crippen LogP contribution >= 0.6 is 11.7 Å². The van der Waals surface area contributed by atoms with Gasteiger partial charge in [0, 0.05) is 24.3 Å². The quantitative estimate of drug-likeness (QED) is 0.739. The van der Waals surface area contributed by atoms with Gasteiger partial charge in [0.05, 0.1) is 0 Å². The Morgan fingerprint density at radius 2 is 2.46 bits per heavy atom. The van der Waals surface area contributed by atoms with Crippen LogP contribution in [0.15, 0.2) is 4.79 Å². The van der Waals surface area contributed by atoms with E-state index in [1.165, 1.54) is 12.8 Å². The second kappa shape index (κ2) is 3.49. The van der Waals surface area contributed by atoms with Crippen LogP contribution in [0.4, 0.5) is 5.82 Å². The Labute approximate surface area is 80.9 Å². The zero-order valence-electron chi connectivity index (χ0n) is 7.62. The molecular formula is C8H13N3OS. The Hall–Kier alpha value is -0.840. The molecule has 1 aliphatic rings. The van der Waals surface area contributed by atoms with Crippen LogP contribution in [0.2, 0.25) is 0 Å². The summed E-state index contributed by atoms with van der Waals surface area (Å²) in [6.07, 6.45) is 3.60. The number of piperidine rings is 1. The second-order valence-corrected chi connectivity index (χ2v) is 4.04. The lowest BCUT2D eigenvalue weighted by molar-refractivity contribution is 0.481. The molecule has 0 spiro atoms. The summed E-state index contributed by atoms with van der Waals surface area (Å²) in [6, 6.07) is 0.456. The van der Waals surface area contributed by atoms with E-state index in [1.807, 2.05) is 0 Å². The maximum Gasteiger partial charge on any atom is 0.302 e. The van der Waals surface area contributed by atoms with Crippen molar-refractivity contribution in [3.63, 3.8) is 0 Å². The summed E-state index contributed by atoms with van der Waals surface area (Å²) >= 11 is 1.13. The molecule has 0 aromatic carbocycles. The van der Waals surface area contributed by atoms with Gasteiger partial charge in [0.1, 0.15) is 0 Å². The van der Waals surface area contributed by atoms with Crippen molar-refractivity contribution in [2.75, 3.05) is 11.4 Å². The molecule has 4 nitrogen and oxygen atoms in total. The highest BCUT2D eigenvalue weighted by atomic mass is 32.1. The molecular weight excluding hydrogens is 186 g/mol. The third-order valence-electron chi connectivity index (χ3n) is 2.55. The summed E-state index contributed by atoms with van der Waals surface area (Å²) in [6.45, 7) is 3.12. The Bertz CT molecular complexity index is 332. The van der Waals surface area contributed by atoms with Crippen LogP contribution in [0.3, 0.4) is 0 Å². The van der Waals surface area contributed by atoms with Crippen molar-refractivity contribution in [1.29, 1.82) is 0 Å². The van der Waals surface area contributed by atoms with Crippen LogP contribution in [-0.4, -0.2) is 21.3 Å². The monoisotopic (exact) mass is 199 g/mol. The fourth-order valence-corrected chi connectivity index (χ4v) is 2.28. The Balaban J connectivity index is 2.24. The van der Waals surface area contributed by atoms with Crippen LogP contribution in [0, 0.1) is 0 Å². The van der Waals surface area contributed by atoms with Crippen LogP contribution in [0.5, 0.6) is 0 Å². The van der Waals surface area contributed by atoms with Gasteiger partial charge < -0.3 is 4.90 Å². The summed E-state index contributed by atoms with van der Waals surface area (Å²) in [7, 11) is 0. The summed E-state index contributed by atoms with van der Waals surface area (Å²) < 4.78 is 6.71. The molecule has 1 fully saturated rings. The average Bonchev–Trinajstić information content (AvgIpc) is 2.52. The lowest BCUT2D eigenvalue weighted by atomic mass is 10.0. The van der Waals surface area contributed by atoms with Crippen LogP contribution < -0.4 is 10.5 Å². The first-order valence-corrected chi connectivity index (χ1v) is 5.37. The Kier molecular flexibility index (Phi) is 2.35. The minimum Gasteiger partial charge on any atom is -0.348 e. The lowest BCUT2D eigenvalue weighted by Gasteiger charge is -2.32. The van der Waals surface area contributed by atoms with Gasteiger partial charge >= 0.3 is 5.56 Å². The van der Waals surface area contributed by atoms with Crippen LogP contribution in [0.25, 0.3) is 0 Å². The normalized spacial score (nSPS) is 23.5. The van der Waals surface area contributed by atoms with E-state index in [-0.39, 0.29) is 5.56 Å². The molecule has 72 valence electrons. The largest absolute Gasteiger partial charge is 0.348 e. The molecule has 13 heavy (non-hydrogen) atoms. The van der Waals surface area contributed by atoms with Gasteiger partial charge in [-0.25, -0.2) is 0 Å². The van der Waals surface area contributed by atoms with Gasteiger partial charge in [-0.1, -0.05) is 0 Å². The second-order valence-electron chi connectivity index (χ2n) is 3.48. The van der Waals surface area contributed by atoms with Crippen molar-refractivity contribution in [1.82, 2.24) is 8.75 Å². The van der Waals surface area contributed by atoms with Crippen molar-refractivity contribution in [3.8, 4) is 0 Å². The number of aromatic nitrogens is 2. The predicted molar refractivity (Wildman–Crippen MR) is 53.4 cm³/mol. The van der Waals surface area contributed by atoms with Crippen LogP contribution in [-0.2, 0) is 0 Å². The highest BCUT2D eigenvalue weighted by molar-refractivity contribution is 6.99. The molecule has 0 aliphatic carbocycles. The molecule has 1 N–H and O–H groups in total. The predicted octanol–water partition coefficient (Wildman–Crippen LogP) is 1.21. The van der Waals surface area contributed by atoms with E-state index in [4.69, 9.17) is 0 Å². The van der Waals surface area contributed by atoms with Gasteiger partial charge in [0.15, 0.2) is 0 Å². The summed E-state index contributed by atoms with van der Waals surface area (Å²) in [5.74, 6) is 0.609. The number of H-pyrrole nitrogens is 1. The van der Waals surface area contributed by atoms with E-state index < -0.39 is 0 Å². The molecule has 0 saturated carbocycles. The SMILES string of the molecule is C[C@H]1CCCCN1c1ns[nH]c1=O.